The molecule has 2 aromatic rings. The van der Waals surface area contributed by atoms with Gasteiger partial charge in [0.15, 0.2) is 0 Å². The van der Waals surface area contributed by atoms with Gasteiger partial charge in [-0.15, -0.1) is 0 Å². The third-order valence-corrected chi connectivity index (χ3v) is 4.04. The van der Waals surface area contributed by atoms with Gasteiger partial charge in [-0.3, -0.25) is 0 Å². The van der Waals surface area contributed by atoms with E-state index in [4.69, 9.17) is 4.74 Å². The first-order valence-corrected chi connectivity index (χ1v) is 7.11. The maximum atomic E-state index is 11.4. The number of hydrogen-bond acceptors (Lipinski definition) is 4. The molecule has 110 valence electrons. The van der Waals surface area contributed by atoms with Crippen molar-refractivity contribution in [1.29, 1.82) is 0 Å². The minimum absolute atomic E-state index is 0.159. The summed E-state index contributed by atoms with van der Waals surface area (Å²) in [5.41, 5.74) is 0.960. The molecule has 2 unspecified atom stereocenters. The van der Waals surface area contributed by atoms with Gasteiger partial charge in [0.1, 0.15) is 5.82 Å². The number of carboxylic acids is 1. The van der Waals surface area contributed by atoms with Crippen LogP contribution in [0.4, 0.5) is 5.82 Å². The highest BCUT2D eigenvalue weighted by Gasteiger charge is 2.27. The van der Waals surface area contributed by atoms with Gasteiger partial charge in [-0.05, 0) is 31.4 Å². The van der Waals surface area contributed by atoms with E-state index in [0.29, 0.717) is 16.7 Å². The monoisotopic (exact) mass is 286 g/mol. The highest BCUT2D eigenvalue weighted by Crippen LogP contribution is 2.26. The summed E-state index contributed by atoms with van der Waals surface area (Å²) in [6, 6.07) is 9.08. The van der Waals surface area contributed by atoms with Crippen LogP contribution >= 0.6 is 0 Å². The molecule has 0 radical (unpaired) electrons. The van der Waals surface area contributed by atoms with Gasteiger partial charge in [-0.25, -0.2) is 9.78 Å². The van der Waals surface area contributed by atoms with E-state index < -0.39 is 5.97 Å². The summed E-state index contributed by atoms with van der Waals surface area (Å²) in [6.45, 7) is 0. The lowest BCUT2D eigenvalue weighted by molar-refractivity contribution is 0.0699. The molecule has 1 aromatic heterocycles. The molecule has 0 amide bonds. The number of carboxylic acid groups (broad SMARTS) is 1. The van der Waals surface area contributed by atoms with Crippen LogP contribution in [0, 0.1) is 0 Å². The average molecular weight is 286 g/mol. The summed E-state index contributed by atoms with van der Waals surface area (Å²) >= 11 is 0. The summed E-state index contributed by atoms with van der Waals surface area (Å²) < 4.78 is 5.45. The second-order valence-corrected chi connectivity index (χ2v) is 5.33. The fourth-order valence-electron chi connectivity index (χ4n) is 2.99. The quantitative estimate of drug-likeness (QED) is 0.904. The van der Waals surface area contributed by atoms with E-state index >= 15 is 0 Å². The van der Waals surface area contributed by atoms with Crippen molar-refractivity contribution in [1.82, 2.24) is 4.98 Å². The van der Waals surface area contributed by atoms with Gasteiger partial charge >= 0.3 is 5.97 Å². The molecule has 0 saturated heterocycles. The van der Waals surface area contributed by atoms with E-state index in [1.807, 2.05) is 18.2 Å². The van der Waals surface area contributed by atoms with E-state index in [9.17, 15) is 9.90 Å². The Hall–Kier alpha value is -2.14. The maximum absolute atomic E-state index is 11.4. The van der Waals surface area contributed by atoms with Crippen molar-refractivity contribution in [3.63, 3.8) is 0 Å². The Morgan fingerprint density at radius 3 is 2.95 bits per heavy atom. The van der Waals surface area contributed by atoms with Crippen LogP contribution in [0.1, 0.15) is 29.6 Å². The third-order valence-electron chi connectivity index (χ3n) is 4.04. The summed E-state index contributed by atoms with van der Waals surface area (Å²) in [7, 11) is 1.71. The molecule has 1 aliphatic carbocycles. The minimum Gasteiger partial charge on any atom is -0.478 e. The molecule has 3 rings (SSSR count). The van der Waals surface area contributed by atoms with Crippen molar-refractivity contribution >= 4 is 22.7 Å². The van der Waals surface area contributed by atoms with Crippen LogP contribution in [0.15, 0.2) is 30.3 Å². The van der Waals surface area contributed by atoms with Gasteiger partial charge in [-0.1, -0.05) is 18.2 Å². The fraction of sp³-hybridized carbons (Fsp3) is 0.375. The zero-order valence-electron chi connectivity index (χ0n) is 11.9. The lowest BCUT2D eigenvalue weighted by atomic mass is 10.1. The van der Waals surface area contributed by atoms with Gasteiger partial charge in [0, 0.05) is 12.5 Å². The van der Waals surface area contributed by atoms with Crippen LogP contribution in [0.5, 0.6) is 0 Å². The van der Waals surface area contributed by atoms with Gasteiger partial charge in [0.2, 0.25) is 0 Å². The Bertz CT molecular complexity index is 672. The second kappa shape index (κ2) is 5.69. The first kappa shape index (κ1) is 13.8. The summed E-state index contributed by atoms with van der Waals surface area (Å²) in [6.07, 6.45) is 3.30. The molecule has 1 aliphatic rings. The number of rotatable bonds is 4. The van der Waals surface area contributed by atoms with E-state index in [-0.39, 0.29) is 17.7 Å². The van der Waals surface area contributed by atoms with Crippen molar-refractivity contribution in [3.8, 4) is 0 Å². The summed E-state index contributed by atoms with van der Waals surface area (Å²) in [5, 5.41) is 13.4. The maximum Gasteiger partial charge on any atom is 0.336 e. The van der Waals surface area contributed by atoms with Gasteiger partial charge < -0.3 is 15.2 Å². The lowest BCUT2D eigenvalue weighted by Gasteiger charge is -2.20. The number of hydrogen-bond donors (Lipinski definition) is 2. The molecule has 1 aromatic carbocycles. The number of carbonyl (C=O) groups is 1. The zero-order valence-corrected chi connectivity index (χ0v) is 11.9. The Morgan fingerprint density at radius 2 is 2.19 bits per heavy atom. The largest absolute Gasteiger partial charge is 0.478 e. The molecule has 0 aliphatic heterocycles. The average Bonchev–Trinajstić information content (AvgIpc) is 2.93. The molecule has 1 heterocycles. The molecule has 1 saturated carbocycles. The Kier molecular flexibility index (Phi) is 3.75. The number of methoxy groups -OCH3 is 1. The number of nitrogens with one attached hydrogen (secondary N) is 1. The number of fused-ring (bicyclic) bond motifs is 1. The molecule has 0 bridgehead atoms. The number of benzene rings is 1. The minimum atomic E-state index is -0.939. The molecule has 0 spiro atoms. The number of anilines is 1. The third kappa shape index (κ3) is 2.69. The fourth-order valence-corrected chi connectivity index (χ4v) is 2.99. The normalized spacial score (nSPS) is 21.6. The van der Waals surface area contributed by atoms with Crippen LogP contribution in [-0.2, 0) is 4.74 Å². The van der Waals surface area contributed by atoms with Gasteiger partial charge in [0.05, 0.1) is 23.2 Å². The number of ether oxygens (including phenoxy) is 1. The first-order chi connectivity index (χ1) is 10.2. The summed E-state index contributed by atoms with van der Waals surface area (Å²) in [5.74, 6) is -0.341. The second-order valence-electron chi connectivity index (χ2n) is 5.33. The van der Waals surface area contributed by atoms with Crippen molar-refractivity contribution in [3.05, 3.63) is 35.9 Å². The van der Waals surface area contributed by atoms with Crippen molar-refractivity contribution in [2.75, 3.05) is 12.4 Å². The zero-order chi connectivity index (χ0) is 14.8. The van der Waals surface area contributed by atoms with Gasteiger partial charge in [-0.2, -0.15) is 0 Å². The van der Waals surface area contributed by atoms with E-state index in [2.05, 4.69) is 10.3 Å². The van der Waals surface area contributed by atoms with Crippen LogP contribution < -0.4 is 5.32 Å². The predicted molar refractivity (Wildman–Crippen MR) is 80.8 cm³/mol. The molecule has 2 atom stereocenters. The lowest BCUT2D eigenvalue weighted by Crippen LogP contribution is -2.30. The van der Waals surface area contributed by atoms with Gasteiger partial charge in [0.25, 0.3) is 0 Å². The molecule has 5 heteroatoms. The smallest absolute Gasteiger partial charge is 0.336 e. The molecule has 5 nitrogen and oxygen atoms in total. The number of aromatic nitrogens is 1. The van der Waals surface area contributed by atoms with E-state index in [1.165, 1.54) is 0 Å². The van der Waals surface area contributed by atoms with Crippen molar-refractivity contribution < 1.29 is 14.6 Å². The Morgan fingerprint density at radius 1 is 1.38 bits per heavy atom. The number of para-hydroxylation sites is 1. The van der Waals surface area contributed by atoms with Crippen LogP contribution in [0.3, 0.4) is 0 Å². The number of aromatic carboxylic acids is 1. The molecular weight excluding hydrogens is 268 g/mol. The predicted octanol–water partition coefficient (Wildman–Crippen LogP) is 2.91. The Labute approximate surface area is 123 Å². The topological polar surface area (TPSA) is 71.5 Å². The SMILES string of the molecule is COC1CCCC1Nc1cc(C(=O)O)c2ccccc2n1. The van der Waals surface area contributed by atoms with Crippen molar-refractivity contribution in [2.24, 2.45) is 0 Å². The number of nitrogens with zero attached hydrogens (tertiary/aromatic N) is 1. The van der Waals surface area contributed by atoms with Crippen LogP contribution in [0.2, 0.25) is 0 Å². The highest BCUT2D eigenvalue weighted by atomic mass is 16.5. The summed E-state index contributed by atoms with van der Waals surface area (Å²) in [4.78, 5) is 16.0. The Balaban J connectivity index is 1.97. The van der Waals surface area contributed by atoms with Crippen molar-refractivity contribution in [2.45, 2.75) is 31.4 Å². The molecule has 21 heavy (non-hydrogen) atoms. The molecule has 1 fully saturated rings. The van der Waals surface area contributed by atoms with E-state index in [1.54, 1.807) is 19.2 Å². The first-order valence-electron chi connectivity index (χ1n) is 7.11. The number of pyridine rings is 1. The molecular formula is C16H18N2O3. The van der Waals surface area contributed by atoms with Crippen LogP contribution in [-0.4, -0.2) is 35.3 Å². The van der Waals surface area contributed by atoms with E-state index in [0.717, 1.165) is 19.3 Å². The molecule has 2 N–H and O–H groups in total. The standard InChI is InChI=1S/C16H18N2O3/c1-21-14-8-4-7-13(14)18-15-9-11(16(19)20)10-5-2-3-6-12(10)17-15/h2-3,5-6,9,13-14H,4,7-8H2,1H3,(H,17,18)(H,19,20). The highest BCUT2D eigenvalue weighted by molar-refractivity contribution is 6.03. The van der Waals surface area contributed by atoms with Crippen LogP contribution in [0.25, 0.3) is 10.9 Å².